The molecule has 5 heteroatoms. The Labute approximate surface area is 129 Å². The zero-order valence-electron chi connectivity index (χ0n) is 14.3. The highest BCUT2D eigenvalue weighted by atomic mass is 15.3. The van der Waals surface area contributed by atoms with E-state index < -0.39 is 0 Å². The van der Waals surface area contributed by atoms with Gasteiger partial charge in [-0.15, -0.1) is 0 Å². The van der Waals surface area contributed by atoms with Gasteiger partial charge >= 0.3 is 0 Å². The molecule has 5 nitrogen and oxygen atoms in total. The molecule has 0 saturated carbocycles. The molecule has 1 aromatic rings. The van der Waals surface area contributed by atoms with Crippen LogP contribution in [0.5, 0.6) is 0 Å². The lowest BCUT2D eigenvalue weighted by Crippen LogP contribution is -2.46. The molecule has 2 heterocycles. The van der Waals surface area contributed by atoms with Crippen molar-refractivity contribution in [3.63, 3.8) is 0 Å². The summed E-state index contributed by atoms with van der Waals surface area (Å²) < 4.78 is 2.12. The number of rotatable bonds is 6. The van der Waals surface area contributed by atoms with Gasteiger partial charge in [0.05, 0.1) is 5.69 Å². The van der Waals surface area contributed by atoms with Gasteiger partial charge in [0.15, 0.2) is 0 Å². The molecule has 1 atom stereocenters. The SMILES string of the molecule is CCn1nc(C)c(C(C)N(C)CCN2CCNCC2)c1C. The summed E-state index contributed by atoms with van der Waals surface area (Å²) in [7, 11) is 2.23. The van der Waals surface area contributed by atoms with E-state index in [1.54, 1.807) is 0 Å². The molecule has 1 aromatic heterocycles. The van der Waals surface area contributed by atoms with E-state index in [9.17, 15) is 0 Å². The molecule has 1 saturated heterocycles. The van der Waals surface area contributed by atoms with Crippen LogP contribution in [0.3, 0.4) is 0 Å². The highest BCUT2D eigenvalue weighted by Crippen LogP contribution is 2.25. The van der Waals surface area contributed by atoms with E-state index in [1.807, 2.05) is 0 Å². The number of aromatic nitrogens is 2. The van der Waals surface area contributed by atoms with E-state index in [0.717, 1.165) is 32.7 Å². The number of piperazine rings is 1. The van der Waals surface area contributed by atoms with Crippen LogP contribution in [0.15, 0.2) is 0 Å². The van der Waals surface area contributed by atoms with Gasteiger partial charge in [0, 0.05) is 63.1 Å². The van der Waals surface area contributed by atoms with Crippen molar-refractivity contribution in [1.29, 1.82) is 0 Å². The molecule has 0 aliphatic carbocycles. The maximum atomic E-state index is 4.65. The molecule has 1 N–H and O–H groups in total. The molecule has 120 valence electrons. The van der Waals surface area contributed by atoms with Crippen molar-refractivity contribution >= 4 is 0 Å². The fraction of sp³-hybridized carbons (Fsp3) is 0.812. The number of aryl methyl sites for hydroxylation is 2. The zero-order chi connectivity index (χ0) is 15.4. The number of likely N-dealkylation sites (N-methyl/N-ethyl adjacent to an activating group) is 1. The Kier molecular flexibility index (Phi) is 5.79. The van der Waals surface area contributed by atoms with Crippen molar-refractivity contribution in [2.24, 2.45) is 0 Å². The number of nitrogens with zero attached hydrogens (tertiary/aromatic N) is 4. The summed E-state index contributed by atoms with van der Waals surface area (Å²) in [4.78, 5) is 5.01. The summed E-state index contributed by atoms with van der Waals surface area (Å²) in [5, 5.41) is 8.06. The summed E-state index contributed by atoms with van der Waals surface area (Å²) in [5.41, 5.74) is 3.90. The van der Waals surface area contributed by atoms with Crippen LogP contribution in [0.2, 0.25) is 0 Å². The third kappa shape index (κ3) is 3.84. The van der Waals surface area contributed by atoms with Gasteiger partial charge in [-0.05, 0) is 34.7 Å². The lowest BCUT2D eigenvalue weighted by Gasteiger charge is -2.31. The normalized spacial score (nSPS) is 18.4. The lowest BCUT2D eigenvalue weighted by molar-refractivity contribution is 0.182. The first-order chi connectivity index (χ1) is 10.0. The molecule has 21 heavy (non-hydrogen) atoms. The molecule has 0 bridgehead atoms. The van der Waals surface area contributed by atoms with E-state index in [2.05, 4.69) is 59.6 Å². The Bertz CT molecular complexity index is 448. The highest BCUT2D eigenvalue weighted by molar-refractivity contribution is 5.27. The fourth-order valence-corrected chi connectivity index (χ4v) is 3.27. The number of hydrogen-bond acceptors (Lipinski definition) is 4. The van der Waals surface area contributed by atoms with Gasteiger partial charge in [0.25, 0.3) is 0 Å². The summed E-state index contributed by atoms with van der Waals surface area (Å²) in [6.07, 6.45) is 0. The van der Waals surface area contributed by atoms with E-state index in [-0.39, 0.29) is 0 Å². The third-order valence-electron chi connectivity index (χ3n) is 4.79. The van der Waals surface area contributed by atoms with Crippen LogP contribution < -0.4 is 5.32 Å². The number of nitrogens with one attached hydrogen (secondary N) is 1. The zero-order valence-corrected chi connectivity index (χ0v) is 14.3. The summed E-state index contributed by atoms with van der Waals surface area (Å²) in [5.74, 6) is 0. The monoisotopic (exact) mass is 293 g/mol. The van der Waals surface area contributed by atoms with Crippen LogP contribution in [-0.4, -0.2) is 65.9 Å². The van der Waals surface area contributed by atoms with Crippen LogP contribution in [-0.2, 0) is 6.54 Å². The molecule has 1 aliphatic heterocycles. The van der Waals surface area contributed by atoms with Crippen molar-refractivity contribution in [3.8, 4) is 0 Å². The maximum Gasteiger partial charge on any atom is 0.0644 e. The Morgan fingerprint density at radius 1 is 1.29 bits per heavy atom. The molecule has 1 fully saturated rings. The van der Waals surface area contributed by atoms with E-state index in [4.69, 9.17) is 0 Å². The maximum absolute atomic E-state index is 4.65. The van der Waals surface area contributed by atoms with Gasteiger partial charge in [-0.2, -0.15) is 5.10 Å². The number of hydrogen-bond donors (Lipinski definition) is 1. The smallest absolute Gasteiger partial charge is 0.0644 e. The molecule has 1 aliphatic rings. The lowest BCUT2D eigenvalue weighted by atomic mass is 10.1. The second-order valence-corrected chi connectivity index (χ2v) is 6.15. The van der Waals surface area contributed by atoms with E-state index in [0.29, 0.717) is 6.04 Å². The molecule has 1 unspecified atom stereocenters. The minimum atomic E-state index is 0.424. The van der Waals surface area contributed by atoms with Crippen LogP contribution in [0, 0.1) is 13.8 Å². The average molecular weight is 293 g/mol. The van der Waals surface area contributed by atoms with Crippen LogP contribution in [0.25, 0.3) is 0 Å². The fourth-order valence-electron chi connectivity index (χ4n) is 3.27. The van der Waals surface area contributed by atoms with Crippen molar-refractivity contribution < 1.29 is 0 Å². The van der Waals surface area contributed by atoms with Gasteiger partial charge in [-0.25, -0.2) is 0 Å². The van der Waals surface area contributed by atoms with Crippen LogP contribution in [0.1, 0.15) is 36.8 Å². The van der Waals surface area contributed by atoms with Gasteiger partial charge in [0.1, 0.15) is 0 Å². The predicted octanol–water partition coefficient (Wildman–Crippen LogP) is 1.42. The Morgan fingerprint density at radius 3 is 2.52 bits per heavy atom. The van der Waals surface area contributed by atoms with Crippen molar-refractivity contribution in [2.75, 3.05) is 46.3 Å². The first-order valence-corrected chi connectivity index (χ1v) is 8.21. The molecule has 0 aromatic carbocycles. The molecule has 0 amide bonds. The highest BCUT2D eigenvalue weighted by Gasteiger charge is 2.21. The standard InChI is InChI=1S/C16H31N5/c1-6-21-15(4)16(13(2)18-21)14(3)19(5)11-12-20-9-7-17-8-10-20/h14,17H,6-12H2,1-5H3. The topological polar surface area (TPSA) is 36.3 Å². The average Bonchev–Trinajstić information content (AvgIpc) is 2.79. The van der Waals surface area contributed by atoms with Gasteiger partial charge in [-0.1, -0.05) is 0 Å². The van der Waals surface area contributed by atoms with Crippen LogP contribution >= 0.6 is 0 Å². The largest absolute Gasteiger partial charge is 0.314 e. The summed E-state index contributed by atoms with van der Waals surface area (Å²) in [6.45, 7) is 16.6. The first kappa shape index (κ1) is 16.5. The third-order valence-corrected chi connectivity index (χ3v) is 4.79. The Balaban J connectivity index is 1.95. The van der Waals surface area contributed by atoms with Gasteiger partial charge in [0.2, 0.25) is 0 Å². The predicted molar refractivity (Wildman–Crippen MR) is 87.7 cm³/mol. The second-order valence-electron chi connectivity index (χ2n) is 6.15. The minimum absolute atomic E-state index is 0.424. The molecule has 0 spiro atoms. The van der Waals surface area contributed by atoms with E-state index in [1.165, 1.54) is 30.0 Å². The van der Waals surface area contributed by atoms with E-state index >= 15 is 0 Å². The van der Waals surface area contributed by atoms with Crippen molar-refractivity contribution in [3.05, 3.63) is 17.0 Å². The molecular weight excluding hydrogens is 262 g/mol. The van der Waals surface area contributed by atoms with Crippen molar-refractivity contribution in [2.45, 2.75) is 40.3 Å². The first-order valence-electron chi connectivity index (χ1n) is 8.21. The van der Waals surface area contributed by atoms with Crippen molar-refractivity contribution in [1.82, 2.24) is 24.9 Å². The summed E-state index contributed by atoms with van der Waals surface area (Å²) in [6, 6.07) is 0.424. The summed E-state index contributed by atoms with van der Waals surface area (Å²) >= 11 is 0. The minimum Gasteiger partial charge on any atom is -0.314 e. The molecule has 2 rings (SSSR count). The van der Waals surface area contributed by atoms with Crippen LogP contribution in [0.4, 0.5) is 0 Å². The van der Waals surface area contributed by atoms with Gasteiger partial charge in [-0.3, -0.25) is 14.5 Å². The molecule has 0 radical (unpaired) electrons. The quantitative estimate of drug-likeness (QED) is 0.860. The Morgan fingerprint density at radius 2 is 1.95 bits per heavy atom. The Hall–Kier alpha value is -0.910. The second kappa shape index (κ2) is 7.38. The molecular formula is C16H31N5. The van der Waals surface area contributed by atoms with Gasteiger partial charge < -0.3 is 5.32 Å².